The molecule has 5 heteroatoms. The molecular weight excluding hydrogens is 250 g/mol. The van der Waals surface area contributed by atoms with Crippen LogP contribution in [0.2, 0.25) is 5.02 Å². The predicted octanol–water partition coefficient (Wildman–Crippen LogP) is 2.63. The van der Waals surface area contributed by atoms with Crippen LogP contribution in [0.25, 0.3) is 10.9 Å². The lowest BCUT2D eigenvalue weighted by molar-refractivity contribution is 0.275. The lowest BCUT2D eigenvalue weighted by atomic mass is 10.2. The van der Waals surface area contributed by atoms with Crippen LogP contribution in [-0.4, -0.2) is 27.7 Å². The molecule has 0 aliphatic carbocycles. The van der Waals surface area contributed by atoms with Crippen LogP contribution >= 0.6 is 11.6 Å². The highest BCUT2D eigenvalue weighted by Gasteiger charge is 2.09. The molecule has 0 fully saturated rings. The number of halogens is 1. The Balaban J connectivity index is 2.35. The minimum Gasteiger partial charge on any atom is -0.394 e. The maximum absolute atomic E-state index is 9.26. The summed E-state index contributed by atoms with van der Waals surface area (Å²) in [6.45, 7) is 3.68. The molecule has 2 aromatic rings. The summed E-state index contributed by atoms with van der Waals surface area (Å²) >= 11 is 5.92. The van der Waals surface area contributed by atoms with Crippen LogP contribution in [0.3, 0.4) is 0 Å². The highest BCUT2D eigenvalue weighted by Crippen LogP contribution is 2.23. The van der Waals surface area contributed by atoms with Crippen molar-refractivity contribution in [3.63, 3.8) is 0 Å². The van der Waals surface area contributed by atoms with E-state index in [1.165, 1.54) is 6.33 Å². The second-order valence-corrected chi connectivity index (χ2v) is 4.37. The van der Waals surface area contributed by atoms with Gasteiger partial charge in [-0.05, 0) is 24.6 Å². The van der Waals surface area contributed by atoms with Gasteiger partial charge >= 0.3 is 0 Å². The Labute approximate surface area is 110 Å². The van der Waals surface area contributed by atoms with Crippen molar-refractivity contribution in [3.8, 4) is 0 Å². The number of hydrogen-bond donors (Lipinski definition) is 2. The van der Waals surface area contributed by atoms with E-state index in [0.29, 0.717) is 17.3 Å². The van der Waals surface area contributed by atoms with Gasteiger partial charge in [-0.15, -0.1) is 6.58 Å². The van der Waals surface area contributed by atoms with Crippen LogP contribution in [0.15, 0.2) is 37.2 Å². The van der Waals surface area contributed by atoms with E-state index in [2.05, 4.69) is 21.9 Å². The first-order valence-corrected chi connectivity index (χ1v) is 6.01. The second kappa shape index (κ2) is 5.80. The third-order valence-corrected chi connectivity index (χ3v) is 2.85. The Morgan fingerprint density at radius 3 is 3.00 bits per heavy atom. The second-order valence-electron chi connectivity index (χ2n) is 3.93. The molecule has 0 radical (unpaired) electrons. The number of benzene rings is 1. The zero-order valence-electron chi connectivity index (χ0n) is 9.81. The summed E-state index contributed by atoms with van der Waals surface area (Å²) in [4.78, 5) is 8.36. The summed E-state index contributed by atoms with van der Waals surface area (Å²) in [5.74, 6) is 0.692. The maximum Gasteiger partial charge on any atom is 0.137 e. The fourth-order valence-corrected chi connectivity index (χ4v) is 1.89. The minimum absolute atomic E-state index is 0.0190. The first-order chi connectivity index (χ1) is 8.74. The van der Waals surface area contributed by atoms with E-state index in [-0.39, 0.29) is 12.6 Å². The van der Waals surface area contributed by atoms with E-state index in [1.54, 1.807) is 18.2 Å². The molecule has 0 saturated carbocycles. The van der Waals surface area contributed by atoms with Crippen molar-refractivity contribution in [2.75, 3.05) is 11.9 Å². The Hall–Kier alpha value is -1.65. The smallest absolute Gasteiger partial charge is 0.137 e. The maximum atomic E-state index is 9.26. The Bertz CT molecular complexity index is 559. The van der Waals surface area contributed by atoms with Gasteiger partial charge in [0.15, 0.2) is 0 Å². The number of aliphatic hydroxyl groups is 1. The number of anilines is 1. The van der Waals surface area contributed by atoms with Gasteiger partial charge in [-0.1, -0.05) is 17.7 Å². The molecule has 1 unspecified atom stereocenters. The largest absolute Gasteiger partial charge is 0.394 e. The summed E-state index contributed by atoms with van der Waals surface area (Å²) in [6.07, 6.45) is 3.90. The number of rotatable bonds is 5. The molecule has 0 aliphatic heterocycles. The van der Waals surface area contributed by atoms with Gasteiger partial charge in [-0.2, -0.15) is 0 Å². The first-order valence-electron chi connectivity index (χ1n) is 5.63. The standard InChI is InChI=1S/C13H14ClN3O/c1-2-3-10(7-18)17-13-11-5-4-9(14)6-12(11)15-8-16-13/h2,4-6,8,10,18H,1,3,7H2,(H,15,16,17). The summed E-state index contributed by atoms with van der Waals surface area (Å²) < 4.78 is 0. The van der Waals surface area contributed by atoms with Gasteiger partial charge in [-0.3, -0.25) is 0 Å². The first kappa shape index (κ1) is 12.8. The van der Waals surface area contributed by atoms with Crippen LogP contribution in [0, 0.1) is 0 Å². The molecule has 0 bridgehead atoms. The molecule has 4 nitrogen and oxygen atoms in total. The molecule has 0 saturated heterocycles. The molecule has 0 aliphatic rings. The van der Waals surface area contributed by atoms with Crippen molar-refractivity contribution < 1.29 is 5.11 Å². The molecule has 1 atom stereocenters. The van der Waals surface area contributed by atoms with Crippen LogP contribution in [0.1, 0.15) is 6.42 Å². The fourth-order valence-electron chi connectivity index (χ4n) is 1.72. The average molecular weight is 264 g/mol. The summed E-state index contributed by atoms with van der Waals surface area (Å²) in [7, 11) is 0. The zero-order chi connectivity index (χ0) is 13.0. The van der Waals surface area contributed by atoms with E-state index in [0.717, 1.165) is 10.9 Å². The molecule has 18 heavy (non-hydrogen) atoms. The fraction of sp³-hybridized carbons (Fsp3) is 0.231. The minimum atomic E-state index is -0.101. The topological polar surface area (TPSA) is 58.0 Å². The van der Waals surface area contributed by atoms with Gasteiger partial charge in [0.05, 0.1) is 18.2 Å². The Morgan fingerprint density at radius 1 is 1.44 bits per heavy atom. The van der Waals surface area contributed by atoms with Crippen molar-refractivity contribution in [2.45, 2.75) is 12.5 Å². The summed E-state index contributed by atoms with van der Waals surface area (Å²) in [5, 5.41) is 14.0. The van der Waals surface area contributed by atoms with Gasteiger partial charge in [0.1, 0.15) is 12.1 Å². The van der Waals surface area contributed by atoms with E-state index in [4.69, 9.17) is 11.6 Å². The van der Waals surface area contributed by atoms with Crippen molar-refractivity contribution in [1.82, 2.24) is 9.97 Å². The predicted molar refractivity (Wildman–Crippen MR) is 73.9 cm³/mol. The third kappa shape index (κ3) is 2.78. The Morgan fingerprint density at radius 2 is 2.28 bits per heavy atom. The van der Waals surface area contributed by atoms with Gasteiger partial charge in [-0.25, -0.2) is 9.97 Å². The summed E-state index contributed by atoms with van der Waals surface area (Å²) in [5.41, 5.74) is 0.773. The van der Waals surface area contributed by atoms with E-state index in [9.17, 15) is 5.11 Å². The average Bonchev–Trinajstić information content (AvgIpc) is 2.38. The normalized spacial score (nSPS) is 12.3. The highest BCUT2D eigenvalue weighted by molar-refractivity contribution is 6.31. The monoisotopic (exact) mass is 263 g/mol. The van der Waals surface area contributed by atoms with Crippen LogP contribution in [0.5, 0.6) is 0 Å². The number of nitrogens with one attached hydrogen (secondary N) is 1. The number of fused-ring (bicyclic) bond motifs is 1. The molecule has 1 aromatic heterocycles. The number of nitrogens with zero attached hydrogens (tertiary/aromatic N) is 2. The van der Waals surface area contributed by atoms with Crippen molar-refractivity contribution in [1.29, 1.82) is 0 Å². The lowest BCUT2D eigenvalue weighted by Gasteiger charge is -2.16. The molecule has 0 spiro atoms. The van der Waals surface area contributed by atoms with E-state index >= 15 is 0 Å². The van der Waals surface area contributed by atoms with Gasteiger partial charge in [0, 0.05) is 10.4 Å². The molecule has 0 amide bonds. The molecule has 1 aromatic carbocycles. The van der Waals surface area contributed by atoms with Crippen molar-refractivity contribution in [2.24, 2.45) is 0 Å². The quantitative estimate of drug-likeness (QED) is 0.815. The molecule has 2 rings (SSSR count). The molecule has 94 valence electrons. The van der Waals surface area contributed by atoms with Crippen molar-refractivity contribution >= 4 is 28.3 Å². The summed E-state index contributed by atoms with van der Waals surface area (Å²) in [6, 6.07) is 5.34. The van der Waals surface area contributed by atoms with Crippen molar-refractivity contribution in [3.05, 3.63) is 42.2 Å². The van der Waals surface area contributed by atoms with Gasteiger partial charge in [0.25, 0.3) is 0 Å². The van der Waals surface area contributed by atoms with Gasteiger partial charge < -0.3 is 10.4 Å². The molecular formula is C13H14ClN3O. The Kier molecular flexibility index (Phi) is 4.12. The van der Waals surface area contributed by atoms with Crippen LogP contribution in [-0.2, 0) is 0 Å². The van der Waals surface area contributed by atoms with E-state index < -0.39 is 0 Å². The number of hydrogen-bond acceptors (Lipinski definition) is 4. The van der Waals surface area contributed by atoms with Crippen LogP contribution in [0.4, 0.5) is 5.82 Å². The number of aromatic nitrogens is 2. The SMILES string of the molecule is C=CCC(CO)Nc1ncnc2cc(Cl)ccc12. The van der Waals surface area contributed by atoms with Crippen LogP contribution < -0.4 is 5.32 Å². The highest BCUT2D eigenvalue weighted by atomic mass is 35.5. The van der Waals surface area contributed by atoms with Gasteiger partial charge in [0.2, 0.25) is 0 Å². The number of aliphatic hydroxyl groups excluding tert-OH is 1. The molecule has 1 heterocycles. The van der Waals surface area contributed by atoms with E-state index in [1.807, 2.05) is 6.07 Å². The zero-order valence-corrected chi connectivity index (χ0v) is 10.6. The lowest BCUT2D eigenvalue weighted by Crippen LogP contribution is -2.23. The third-order valence-electron chi connectivity index (χ3n) is 2.61. The molecule has 2 N–H and O–H groups in total.